The van der Waals surface area contributed by atoms with Crippen molar-refractivity contribution in [3.63, 3.8) is 0 Å². The SMILES string of the molecule is CN(C)CCN1CCN(C(=O)Nc2cccc(Br)c2)CC1. The van der Waals surface area contributed by atoms with Crippen molar-refractivity contribution in [1.29, 1.82) is 0 Å². The maximum atomic E-state index is 12.2. The van der Waals surface area contributed by atoms with Crippen LogP contribution in [0.5, 0.6) is 0 Å². The summed E-state index contributed by atoms with van der Waals surface area (Å²) in [4.78, 5) is 18.7. The number of piperazine rings is 1. The van der Waals surface area contributed by atoms with Crippen LogP contribution in [0.3, 0.4) is 0 Å². The van der Waals surface area contributed by atoms with E-state index >= 15 is 0 Å². The van der Waals surface area contributed by atoms with Crippen molar-refractivity contribution in [1.82, 2.24) is 14.7 Å². The summed E-state index contributed by atoms with van der Waals surface area (Å²) in [5.41, 5.74) is 0.824. The van der Waals surface area contributed by atoms with E-state index in [-0.39, 0.29) is 6.03 Å². The van der Waals surface area contributed by atoms with Gasteiger partial charge >= 0.3 is 6.03 Å². The van der Waals surface area contributed by atoms with Crippen LogP contribution in [-0.2, 0) is 0 Å². The van der Waals surface area contributed by atoms with E-state index in [1.807, 2.05) is 29.2 Å². The molecule has 0 aliphatic carbocycles. The zero-order chi connectivity index (χ0) is 15.2. The number of nitrogens with zero attached hydrogens (tertiary/aromatic N) is 3. The minimum absolute atomic E-state index is 0.0136. The Balaban J connectivity index is 1.78. The Morgan fingerprint density at radius 1 is 1.29 bits per heavy atom. The van der Waals surface area contributed by atoms with Crippen molar-refractivity contribution >= 4 is 27.6 Å². The lowest BCUT2D eigenvalue weighted by atomic mass is 10.3. The highest BCUT2D eigenvalue weighted by atomic mass is 79.9. The number of carbonyl (C=O) groups is 1. The van der Waals surface area contributed by atoms with Gasteiger partial charge in [-0.1, -0.05) is 22.0 Å². The molecule has 1 aromatic rings. The number of hydrogen-bond acceptors (Lipinski definition) is 3. The summed E-state index contributed by atoms with van der Waals surface area (Å²) in [5.74, 6) is 0. The van der Waals surface area contributed by atoms with Gasteiger partial charge in [-0.15, -0.1) is 0 Å². The Kier molecular flexibility index (Phi) is 6.02. The fraction of sp³-hybridized carbons (Fsp3) is 0.533. The highest BCUT2D eigenvalue weighted by molar-refractivity contribution is 9.10. The smallest absolute Gasteiger partial charge is 0.321 e. The molecule has 1 aliphatic heterocycles. The van der Waals surface area contributed by atoms with Crippen molar-refractivity contribution < 1.29 is 4.79 Å². The normalized spacial score (nSPS) is 16.3. The van der Waals surface area contributed by atoms with Gasteiger partial charge in [0.1, 0.15) is 0 Å². The quantitative estimate of drug-likeness (QED) is 0.900. The minimum atomic E-state index is -0.0136. The number of urea groups is 1. The number of likely N-dealkylation sites (N-methyl/N-ethyl adjacent to an activating group) is 1. The van der Waals surface area contributed by atoms with Gasteiger partial charge in [-0.25, -0.2) is 4.79 Å². The summed E-state index contributed by atoms with van der Waals surface area (Å²) in [6.45, 7) is 5.58. The molecule has 0 spiro atoms. The minimum Gasteiger partial charge on any atom is -0.322 e. The molecule has 21 heavy (non-hydrogen) atoms. The van der Waals surface area contributed by atoms with Crippen LogP contribution in [0.1, 0.15) is 0 Å². The summed E-state index contributed by atoms with van der Waals surface area (Å²) in [5, 5.41) is 2.95. The lowest BCUT2D eigenvalue weighted by molar-refractivity contribution is 0.140. The summed E-state index contributed by atoms with van der Waals surface area (Å²) in [6.07, 6.45) is 0. The Morgan fingerprint density at radius 2 is 2.00 bits per heavy atom. The van der Waals surface area contributed by atoms with Gasteiger partial charge in [-0.2, -0.15) is 0 Å². The van der Waals surface area contributed by atoms with Crippen LogP contribution in [0.25, 0.3) is 0 Å². The molecule has 2 rings (SSSR count). The molecule has 1 N–H and O–H groups in total. The third-order valence-corrected chi connectivity index (χ3v) is 4.09. The number of halogens is 1. The average Bonchev–Trinajstić information content (AvgIpc) is 2.45. The number of rotatable bonds is 4. The first-order chi connectivity index (χ1) is 10.0. The standard InChI is InChI=1S/C15H23BrN4O/c1-18(2)6-7-19-8-10-20(11-9-19)15(21)17-14-5-3-4-13(16)12-14/h3-5,12H,6-11H2,1-2H3,(H,17,21). The molecule has 0 unspecified atom stereocenters. The summed E-state index contributed by atoms with van der Waals surface area (Å²) >= 11 is 3.41. The summed E-state index contributed by atoms with van der Waals surface area (Å²) in [6, 6.07) is 7.65. The molecule has 6 heteroatoms. The van der Waals surface area contributed by atoms with Gasteiger partial charge in [0.25, 0.3) is 0 Å². The molecule has 0 aromatic heterocycles. The number of nitrogens with one attached hydrogen (secondary N) is 1. The maximum Gasteiger partial charge on any atom is 0.321 e. The highest BCUT2D eigenvalue weighted by Crippen LogP contribution is 2.16. The zero-order valence-corrected chi connectivity index (χ0v) is 14.3. The molecule has 1 saturated heterocycles. The molecular weight excluding hydrogens is 332 g/mol. The summed E-state index contributed by atoms with van der Waals surface area (Å²) < 4.78 is 0.966. The Labute approximate surface area is 135 Å². The molecule has 1 aromatic carbocycles. The van der Waals surface area contributed by atoms with E-state index < -0.39 is 0 Å². The number of carbonyl (C=O) groups excluding carboxylic acids is 1. The molecule has 0 atom stereocenters. The van der Waals surface area contributed by atoms with Crippen LogP contribution in [0.15, 0.2) is 28.7 Å². The average molecular weight is 355 g/mol. The number of benzene rings is 1. The molecular formula is C15H23BrN4O. The Bertz CT molecular complexity index is 472. The van der Waals surface area contributed by atoms with Gasteiger partial charge in [0.15, 0.2) is 0 Å². The van der Waals surface area contributed by atoms with E-state index in [9.17, 15) is 4.79 Å². The monoisotopic (exact) mass is 354 g/mol. The largest absolute Gasteiger partial charge is 0.322 e. The predicted molar refractivity (Wildman–Crippen MR) is 89.7 cm³/mol. The number of hydrogen-bond donors (Lipinski definition) is 1. The second kappa shape index (κ2) is 7.77. The first-order valence-electron chi connectivity index (χ1n) is 7.23. The first-order valence-corrected chi connectivity index (χ1v) is 8.02. The predicted octanol–water partition coefficient (Wildman–Crippen LogP) is 2.16. The number of anilines is 1. The van der Waals surface area contributed by atoms with Crippen molar-refractivity contribution in [2.75, 3.05) is 58.7 Å². The van der Waals surface area contributed by atoms with Crippen LogP contribution in [-0.4, -0.2) is 74.1 Å². The van der Waals surface area contributed by atoms with Crippen molar-refractivity contribution in [2.24, 2.45) is 0 Å². The molecule has 116 valence electrons. The van der Waals surface area contributed by atoms with E-state index in [0.29, 0.717) is 0 Å². The van der Waals surface area contributed by atoms with E-state index in [4.69, 9.17) is 0 Å². The first kappa shape index (κ1) is 16.3. The van der Waals surface area contributed by atoms with Crippen LogP contribution in [0.2, 0.25) is 0 Å². The van der Waals surface area contributed by atoms with E-state index in [1.54, 1.807) is 0 Å². The van der Waals surface area contributed by atoms with Crippen molar-refractivity contribution in [3.8, 4) is 0 Å². The second-order valence-electron chi connectivity index (χ2n) is 5.57. The van der Waals surface area contributed by atoms with Gasteiger partial charge in [0.05, 0.1) is 0 Å². The lowest BCUT2D eigenvalue weighted by Gasteiger charge is -2.35. The van der Waals surface area contributed by atoms with Gasteiger partial charge in [0.2, 0.25) is 0 Å². The van der Waals surface area contributed by atoms with E-state index in [0.717, 1.165) is 49.4 Å². The van der Waals surface area contributed by atoms with Gasteiger partial charge in [0, 0.05) is 49.4 Å². The highest BCUT2D eigenvalue weighted by Gasteiger charge is 2.20. The topological polar surface area (TPSA) is 38.8 Å². The Morgan fingerprint density at radius 3 is 2.62 bits per heavy atom. The molecule has 1 aliphatic rings. The van der Waals surface area contributed by atoms with Crippen LogP contribution >= 0.6 is 15.9 Å². The molecule has 1 fully saturated rings. The molecule has 2 amide bonds. The molecule has 0 radical (unpaired) electrons. The third kappa shape index (κ3) is 5.30. The van der Waals surface area contributed by atoms with Crippen molar-refractivity contribution in [2.45, 2.75) is 0 Å². The van der Waals surface area contributed by atoms with Gasteiger partial charge in [-0.05, 0) is 32.3 Å². The fourth-order valence-corrected chi connectivity index (χ4v) is 2.68. The number of amides is 2. The van der Waals surface area contributed by atoms with Crippen LogP contribution in [0, 0.1) is 0 Å². The van der Waals surface area contributed by atoms with Gasteiger partial charge in [-0.3, -0.25) is 4.90 Å². The molecule has 0 bridgehead atoms. The third-order valence-electron chi connectivity index (χ3n) is 3.60. The Hall–Kier alpha value is -1.11. The summed E-state index contributed by atoms with van der Waals surface area (Å²) in [7, 11) is 4.17. The molecule has 1 heterocycles. The lowest BCUT2D eigenvalue weighted by Crippen LogP contribution is -2.51. The van der Waals surface area contributed by atoms with Crippen molar-refractivity contribution in [3.05, 3.63) is 28.7 Å². The second-order valence-corrected chi connectivity index (χ2v) is 6.49. The molecule has 0 saturated carbocycles. The van der Waals surface area contributed by atoms with Crippen LogP contribution in [0.4, 0.5) is 10.5 Å². The van der Waals surface area contributed by atoms with E-state index in [2.05, 4.69) is 45.1 Å². The maximum absolute atomic E-state index is 12.2. The fourth-order valence-electron chi connectivity index (χ4n) is 2.28. The molecule has 5 nitrogen and oxygen atoms in total. The van der Waals surface area contributed by atoms with Gasteiger partial charge < -0.3 is 15.1 Å². The van der Waals surface area contributed by atoms with Crippen LogP contribution < -0.4 is 5.32 Å². The zero-order valence-electron chi connectivity index (χ0n) is 12.7. The van der Waals surface area contributed by atoms with E-state index in [1.165, 1.54) is 0 Å².